The maximum Gasteiger partial charge on any atom is 0.134 e. The molecule has 0 heterocycles. The minimum absolute atomic E-state index is 0.218. The van der Waals surface area contributed by atoms with Crippen LogP contribution in [0.25, 0.3) is 0 Å². The summed E-state index contributed by atoms with van der Waals surface area (Å²) in [6.07, 6.45) is 0. The quantitative estimate of drug-likeness (QED) is 0.202. The van der Waals surface area contributed by atoms with Crippen LogP contribution in [0.15, 0.2) is 78.9 Å². The molecule has 0 saturated heterocycles. The molecule has 0 N–H and O–H groups in total. The van der Waals surface area contributed by atoms with Crippen molar-refractivity contribution < 1.29 is 0 Å². The molecular weight excluding hydrogens is 450 g/mol. The van der Waals surface area contributed by atoms with Gasteiger partial charge in [0.2, 0.25) is 0 Å². The highest BCUT2D eigenvalue weighted by molar-refractivity contribution is 7.68. The lowest BCUT2D eigenvalue weighted by molar-refractivity contribution is 1.02. The van der Waals surface area contributed by atoms with Crippen molar-refractivity contribution in [1.29, 1.82) is 0 Å². The molecule has 0 unspecified atom stereocenters. The van der Waals surface area contributed by atoms with Crippen LogP contribution in [0.3, 0.4) is 0 Å². The van der Waals surface area contributed by atoms with Crippen LogP contribution in [0.4, 0.5) is 0 Å². The third kappa shape index (κ3) is 6.06. The SMILES string of the molecule is CC(C)P(c1ccccc1[SiH](c1ccccc1)c1ccccc1P(C(C)C)C(C)C)C(C)C. The van der Waals surface area contributed by atoms with E-state index in [-0.39, 0.29) is 15.8 Å². The first kappa shape index (κ1) is 26.3. The summed E-state index contributed by atoms with van der Waals surface area (Å²) in [5.41, 5.74) is 2.74. The molecule has 176 valence electrons. The maximum atomic E-state index is 2.48. The normalized spacial score (nSPS) is 12.3. The zero-order chi connectivity index (χ0) is 24.1. The van der Waals surface area contributed by atoms with E-state index in [1.165, 1.54) is 0 Å². The molecule has 0 aliphatic heterocycles. The summed E-state index contributed by atoms with van der Waals surface area (Å²) in [6, 6.07) is 30.4. The van der Waals surface area contributed by atoms with Crippen molar-refractivity contribution in [3.8, 4) is 0 Å². The van der Waals surface area contributed by atoms with Gasteiger partial charge in [-0.2, -0.15) is 0 Å². The molecule has 0 radical (unpaired) electrons. The van der Waals surface area contributed by atoms with Crippen LogP contribution in [0, 0.1) is 0 Å². The van der Waals surface area contributed by atoms with Gasteiger partial charge in [0.05, 0.1) is 0 Å². The Hall–Kier alpha value is -1.26. The number of hydrogen-bond donors (Lipinski definition) is 0. The molecule has 0 amide bonds. The minimum Gasteiger partial charge on any atom is -0.0702 e. The van der Waals surface area contributed by atoms with Crippen molar-refractivity contribution in [2.75, 3.05) is 0 Å². The van der Waals surface area contributed by atoms with Gasteiger partial charge in [-0.1, -0.05) is 155 Å². The summed E-state index contributed by atoms with van der Waals surface area (Å²) in [5, 5.41) is 8.12. The van der Waals surface area contributed by atoms with Gasteiger partial charge in [0.15, 0.2) is 0 Å². The molecule has 0 saturated carbocycles. The molecule has 0 aromatic heterocycles. The Morgan fingerprint density at radius 1 is 0.455 bits per heavy atom. The van der Waals surface area contributed by atoms with Gasteiger partial charge < -0.3 is 0 Å². The summed E-state index contributed by atoms with van der Waals surface area (Å²) >= 11 is 0. The van der Waals surface area contributed by atoms with E-state index in [0.29, 0.717) is 22.6 Å². The van der Waals surface area contributed by atoms with Gasteiger partial charge in [-0.3, -0.25) is 0 Å². The highest BCUT2D eigenvalue weighted by atomic mass is 31.1. The second-order valence-electron chi connectivity index (χ2n) is 10.2. The summed E-state index contributed by atoms with van der Waals surface area (Å²) in [6.45, 7) is 19.4. The van der Waals surface area contributed by atoms with Crippen LogP contribution in [-0.2, 0) is 0 Å². The molecule has 0 spiro atoms. The Morgan fingerprint density at radius 3 is 1.15 bits per heavy atom. The average Bonchev–Trinajstić information content (AvgIpc) is 2.76. The Bertz CT molecular complexity index is 931. The first-order chi connectivity index (χ1) is 15.7. The van der Waals surface area contributed by atoms with Crippen molar-refractivity contribution in [2.24, 2.45) is 0 Å². The molecule has 33 heavy (non-hydrogen) atoms. The van der Waals surface area contributed by atoms with Crippen molar-refractivity contribution in [2.45, 2.75) is 78.0 Å². The topological polar surface area (TPSA) is 0 Å². The first-order valence-corrected chi connectivity index (χ1v) is 17.2. The predicted octanol–water partition coefficient (Wildman–Crippen LogP) is 5.78. The lowest BCUT2D eigenvalue weighted by atomic mass is 10.3. The Morgan fingerprint density at radius 2 is 0.788 bits per heavy atom. The summed E-state index contributed by atoms with van der Waals surface area (Å²) in [7, 11) is -2.07. The van der Waals surface area contributed by atoms with Crippen LogP contribution < -0.4 is 26.2 Å². The van der Waals surface area contributed by atoms with Crippen LogP contribution in [0.2, 0.25) is 0 Å². The molecule has 0 nitrogen and oxygen atoms in total. The third-order valence-corrected chi connectivity index (χ3v) is 16.6. The predicted molar refractivity (Wildman–Crippen MR) is 159 cm³/mol. The van der Waals surface area contributed by atoms with E-state index < -0.39 is 8.80 Å². The van der Waals surface area contributed by atoms with Crippen LogP contribution in [0.5, 0.6) is 0 Å². The van der Waals surface area contributed by atoms with Crippen LogP contribution >= 0.6 is 15.8 Å². The zero-order valence-corrected chi connectivity index (χ0v) is 24.7. The molecule has 0 aliphatic carbocycles. The highest BCUT2D eigenvalue weighted by Crippen LogP contribution is 2.45. The Labute approximate surface area is 207 Å². The monoisotopic (exact) mass is 492 g/mol. The van der Waals surface area contributed by atoms with E-state index in [1.807, 2.05) is 0 Å². The number of benzene rings is 3. The maximum absolute atomic E-state index is 2.48. The van der Waals surface area contributed by atoms with Gasteiger partial charge in [0.1, 0.15) is 8.80 Å². The van der Waals surface area contributed by atoms with Crippen molar-refractivity contribution in [1.82, 2.24) is 0 Å². The molecule has 3 aromatic rings. The lowest BCUT2D eigenvalue weighted by Crippen LogP contribution is -2.60. The van der Waals surface area contributed by atoms with E-state index in [9.17, 15) is 0 Å². The van der Waals surface area contributed by atoms with Crippen molar-refractivity contribution in [3.63, 3.8) is 0 Å². The van der Waals surface area contributed by atoms with Gasteiger partial charge in [-0.25, -0.2) is 0 Å². The summed E-state index contributed by atoms with van der Waals surface area (Å²) < 4.78 is 0. The number of hydrogen-bond acceptors (Lipinski definition) is 0. The third-order valence-electron chi connectivity index (χ3n) is 6.41. The van der Waals surface area contributed by atoms with Crippen molar-refractivity contribution in [3.05, 3.63) is 78.9 Å². The second-order valence-corrected chi connectivity index (χ2v) is 19.7. The molecule has 3 aromatic carbocycles. The first-order valence-electron chi connectivity index (χ1n) is 12.5. The molecule has 0 atom stereocenters. The van der Waals surface area contributed by atoms with Gasteiger partial charge in [0, 0.05) is 0 Å². The standard InChI is InChI=1S/C30H42P2Si/c1-22(2)31(23(3)4)27-18-12-14-20-29(27)33(26-16-10-9-11-17-26)30-21-15-13-19-28(30)32(24(5)6)25(7)8/h9-25,33H,1-8H3. The minimum atomic E-state index is -1.63. The molecule has 0 aliphatic rings. The number of rotatable bonds is 9. The summed E-state index contributed by atoms with van der Waals surface area (Å²) in [5.74, 6) is 0. The van der Waals surface area contributed by atoms with Crippen LogP contribution in [-0.4, -0.2) is 31.4 Å². The Balaban J connectivity index is 2.32. The molecule has 3 rings (SSSR count). The van der Waals surface area contributed by atoms with Crippen LogP contribution in [0.1, 0.15) is 55.4 Å². The molecule has 0 fully saturated rings. The van der Waals surface area contributed by atoms with E-state index in [0.717, 1.165) is 0 Å². The van der Waals surface area contributed by atoms with E-state index in [1.54, 1.807) is 26.2 Å². The highest BCUT2D eigenvalue weighted by Gasteiger charge is 2.31. The van der Waals surface area contributed by atoms with Gasteiger partial charge in [-0.15, -0.1) is 0 Å². The van der Waals surface area contributed by atoms with Gasteiger partial charge in [-0.05, 0) is 43.6 Å². The fourth-order valence-corrected chi connectivity index (χ4v) is 16.0. The van der Waals surface area contributed by atoms with E-state index in [2.05, 4.69) is 134 Å². The van der Waals surface area contributed by atoms with E-state index in [4.69, 9.17) is 0 Å². The zero-order valence-electron chi connectivity index (χ0n) is 21.8. The average molecular weight is 493 g/mol. The smallest absolute Gasteiger partial charge is 0.0702 e. The summed E-state index contributed by atoms with van der Waals surface area (Å²) in [4.78, 5) is 0. The largest absolute Gasteiger partial charge is 0.134 e. The second kappa shape index (κ2) is 11.9. The van der Waals surface area contributed by atoms with Crippen molar-refractivity contribution >= 4 is 50.8 Å². The van der Waals surface area contributed by atoms with Gasteiger partial charge >= 0.3 is 0 Å². The molecule has 0 bridgehead atoms. The van der Waals surface area contributed by atoms with Gasteiger partial charge in [0.25, 0.3) is 0 Å². The molecule has 3 heteroatoms. The fourth-order valence-electron chi connectivity index (χ4n) is 5.41. The van der Waals surface area contributed by atoms with E-state index >= 15 is 0 Å². The fraction of sp³-hybridized carbons (Fsp3) is 0.400. The lowest BCUT2D eigenvalue weighted by Gasteiger charge is -2.33. The molecular formula is C30H42P2Si. The Kier molecular flexibility index (Phi) is 9.52.